The van der Waals surface area contributed by atoms with Crippen molar-refractivity contribution in [3.63, 3.8) is 0 Å². The van der Waals surface area contributed by atoms with Crippen LogP contribution in [-0.4, -0.2) is 39.5 Å². The zero-order chi connectivity index (χ0) is 17.9. The van der Waals surface area contributed by atoms with E-state index in [2.05, 4.69) is 30.6 Å². The molecule has 3 rings (SSSR count). The van der Waals surface area contributed by atoms with Crippen LogP contribution in [0.25, 0.3) is 0 Å². The molecular weight excluding hydrogens is 337 g/mol. The number of alkyl halides is 3. The van der Waals surface area contributed by atoms with Crippen molar-refractivity contribution >= 4 is 11.6 Å². The van der Waals surface area contributed by atoms with Crippen LogP contribution >= 0.6 is 0 Å². The Hall–Kier alpha value is -2.65. The molecule has 2 aromatic rings. The lowest BCUT2D eigenvalue weighted by atomic mass is 10.0. The summed E-state index contributed by atoms with van der Waals surface area (Å²) in [5.74, 6) is 0.956. The molecule has 0 aliphatic carbocycles. The van der Waals surface area contributed by atoms with Crippen molar-refractivity contribution < 1.29 is 13.2 Å². The van der Waals surface area contributed by atoms with Gasteiger partial charge in [-0.25, -0.2) is 5.10 Å². The molecule has 25 heavy (non-hydrogen) atoms. The van der Waals surface area contributed by atoms with Gasteiger partial charge in [0.1, 0.15) is 11.6 Å². The highest BCUT2D eigenvalue weighted by atomic mass is 19.4. The summed E-state index contributed by atoms with van der Waals surface area (Å²) in [7, 11) is 0. The number of H-pyrrole nitrogens is 1. The molecule has 0 bridgehead atoms. The summed E-state index contributed by atoms with van der Waals surface area (Å²) in [5.41, 5.74) is -1.29. The van der Waals surface area contributed by atoms with Crippen LogP contribution in [0.15, 0.2) is 29.1 Å². The van der Waals surface area contributed by atoms with Gasteiger partial charge >= 0.3 is 6.18 Å². The Labute approximate surface area is 141 Å². The summed E-state index contributed by atoms with van der Waals surface area (Å²) >= 11 is 0. The van der Waals surface area contributed by atoms with Gasteiger partial charge in [0.15, 0.2) is 5.69 Å². The summed E-state index contributed by atoms with van der Waals surface area (Å²) in [6.45, 7) is 1.28. The summed E-state index contributed by atoms with van der Waals surface area (Å²) < 4.78 is 37.5. The van der Waals surface area contributed by atoms with E-state index in [0.717, 1.165) is 31.9 Å². The highest BCUT2D eigenvalue weighted by Crippen LogP contribution is 2.27. The molecular formula is C15H17F3N6O. The summed E-state index contributed by atoms with van der Waals surface area (Å²) in [6, 6.07) is 5.34. The number of nitrogens with one attached hydrogen (secondary N) is 2. The van der Waals surface area contributed by atoms with Crippen LogP contribution in [0.1, 0.15) is 25.0 Å². The molecule has 2 aromatic heterocycles. The Morgan fingerprint density at radius 1 is 1.20 bits per heavy atom. The van der Waals surface area contributed by atoms with Gasteiger partial charge in [0.05, 0.1) is 0 Å². The van der Waals surface area contributed by atoms with Gasteiger partial charge in [0.2, 0.25) is 0 Å². The molecule has 1 saturated heterocycles. The van der Waals surface area contributed by atoms with Crippen molar-refractivity contribution in [2.24, 2.45) is 0 Å². The zero-order valence-electron chi connectivity index (χ0n) is 13.3. The molecule has 1 aliphatic rings. The van der Waals surface area contributed by atoms with E-state index >= 15 is 0 Å². The van der Waals surface area contributed by atoms with Gasteiger partial charge in [-0.2, -0.15) is 18.3 Å². The van der Waals surface area contributed by atoms with Gasteiger partial charge in [-0.15, -0.1) is 10.2 Å². The number of halogens is 3. The molecule has 2 N–H and O–H groups in total. The zero-order valence-corrected chi connectivity index (χ0v) is 13.3. The monoisotopic (exact) mass is 354 g/mol. The number of hydrogen-bond donors (Lipinski definition) is 2. The SMILES string of the molecule is O=c1ccc(N2CCCCC2CNc2ccc(C(F)(F)F)nn2)n[nH]1. The first-order chi connectivity index (χ1) is 11.9. The third kappa shape index (κ3) is 4.25. The number of aromatic amines is 1. The van der Waals surface area contributed by atoms with E-state index in [9.17, 15) is 18.0 Å². The summed E-state index contributed by atoms with van der Waals surface area (Å²) in [4.78, 5) is 13.2. The first kappa shape index (κ1) is 17.2. The Morgan fingerprint density at radius 2 is 2.04 bits per heavy atom. The second-order valence-corrected chi connectivity index (χ2v) is 5.80. The summed E-state index contributed by atoms with van der Waals surface area (Å²) in [5, 5.41) is 16.3. The van der Waals surface area contributed by atoms with Crippen molar-refractivity contribution in [3.05, 3.63) is 40.3 Å². The lowest BCUT2D eigenvalue weighted by molar-refractivity contribution is -0.141. The quantitative estimate of drug-likeness (QED) is 0.874. The smallest absolute Gasteiger partial charge is 0.367 e. The third-order valence-corrected chi connectivity index (χ3v) is 4.06. The maximum absolute atomic E-state index is 12.5. The van der Waals surface area contributed by atoms with Crippen molar-refractivity contribution in [1.82, 2.24) is 20.4 Å². The van der Waals surface area contributed by atoms with E-state index in [0.29, 0.717) is 12.4 Å². The van der Waals surface area contributed by atoms with Gasteiger partial charge < -0.3 is 10.2 Å². The number of aromatic nitrogens is 4. The van der Waals surface area contributed by atoms with E-state index in [1.165, 1.54) is 12.1 Å². The Morgan fingerprint density at radius 3 is 2.68 bits per heavy atom. The second kappa shape index (κ2) is 7.08. The lowest BCUT2D eigenvalue weighted by Crippen LogP contribution is -2.44. The van der Waals surface area contributed by atoms with Crippen molar-refractivity contribution in [2.75, 3.05) is 23.3 Å². The molecule has 0 spiro atoms. The van der Waals surface area contributed by atoms with Gasteiger partial charge in [-0.05, 0) is 37.5 Å². The number of piperidine rings is 1. The second-order valence-electron chi connectivity index (χ2n) is 5.80. The lowest BCUT2D eigenvalue weighted by Gasteiger charge is -2.36. The molecule has 0 radical (unpaired) electrons. The molecule has 0 aromatic carbocycles. The Bertz CT molecular complexity index is 741. The first-order valence-electron chi connectivity index (χ1n) is 7.90. The minimum absolute atomic E-state index is 0.0937. The van der Waals surface area contributed by atoms with Gasteiger partial charge in [0, 0.05) is 25.2 Å². The van der Waals surface area contributed by atoms with Crippen LogP contribution in [0.2, 0.25) is 0 Å². The van der Waals surface area contributed by atoms with E-state index < -0.39 is 11.9 Å². The van der Waals surface area contributed by atoms with Crippen LogP contribution in [0.5, 0.6) is 0 Å². The van der Waals surface area contributed by atoms with Crippen molar-refractivity contribution in [2.45, 2.75) is 31.5 Å². The van der Waals surface area contributed by atoms with Gasteiger partial charge in [-0.1, -0.05) is 0 Å². The fraction of sp³-hybridized carbons (Fsp3) is 0.467. The number of rotatable bonds is 4. The average Bonchev–Trinajstić information content (AvgIpc) is 2.61. The predicted molar refractivity (Wildman–Crippen MR) is 85.4 cm³/mol. The highest BCUT2D eigenvalue weighted by Gasteiger charge is 2.33. The van der Waals surface area contributed by atoms with Gasteiger partial charge in [-0.3, -0.25) is 4.79 Å². The number of anilines is 2. The highest BCUT2D eigenvalue weighted by molar-refractivity contribution is 5.40. The molecule has 1 unspecified atom stereocenters. The predicted octanol–water partition coefficient (Wildman–Crippen LogP) is 2.05. The molecule has 1 atom stereocenters. The molecule has 7 nitrogen and oxygen atoms in total. The number of nitrogens with zero attached hydrogens (tertiary/aromatic N) is 4. The molecule has 0 saturated carbocycles. The molecule has 1 fully saturated rings. The Kier molecular flexibility index (Phi) is 4.86. The van der Waals surface area contributed by atoms with Gasteiger partial charge in [0.25, 0.3) is 5.56 Å². The van der Waals surface area contributed by atoms with Crippen LogP contribution in [0.3, 0.4) is 0 Å². The Balaban J connectivity index is 1.66. The van der Waals surface area contributed by atoms with Crippen LogP contribution in [0, 0.1) is 0 Å². The van der Waals surface area contributed by atoms with Crippen LogP contribution in [-0.2, 0) is 6.18 Å². The van der Waals surface area contributed by atoms with E-state index in [1.54, 1.807) is 6.07 Å². The van der Waals surface area contributed by atoms with E-state index in [-0.39, 0.29) is 17.4 Å². The maximum Gasteiger partial charge on any atom is 0.435 e. The minimum Gasteiger partial charge on any atom is -0.367 e. The van der Waals surface area contributed by atoms with E-state index in [1.807, 2.05) is 0 Å². The topological polar surface area (TPSA) is 86.8 Å². The van der Waals surface area contributed by atoms with Crippen molar-refractivity contribution in [1.29, 1.82) is 0 Å². The van der Waals surface area contributed by atoms with Crippen molar-refractivity contribution in [3.8, 4) is 0 Å². The standard InChI is InChI=1S/C15H17F3N6O/c16-15(17,18)11-4-5-12(21-20-11)19-9-10-3-1-2-8-24(10)13-6-7-14(25)23-22-13/h4-7,10H,1-3,8-9H2,(H,19,21)(H,23,25). The first-order valence-corrected chi connectivity index (χ1v) is 7.90. The fourth-order valence-corrected chi connectivity index (χ4v) is 2.81. The number of hydrogen-bond acceptors (Lipinski definition) is 6. The molecule has 1 aliphatic heterocycles. The fourth-order valence-electron chi connectivity index (χ4n) is 2.81. The molecule has 134 valence electrons. The normalized spacial score (nSPS) is 18.2. The molecule has 10 heteroatoms. The molecule has 3 heterocycles. The van der Waals surface area contributed by atoms with Crippen LogP contribution in [0.4, 0.5) is 24.8 Å². The average molecular weight is 354 g/mol. The third-order valence-electron chi connectivity index (χ3n) is 4.06. The summed E-state index contributed by atoms with van der Waals surface area (Å²) in [6.07, 6.45) is -1.54. The molecule has 0 amide bonds. The van der Waals surface area contributed by atoms with Crippen LogP contribution < -0.4 is 15.8 Å². The maximum atomic E-state index is 12.5. The minimum atomic E-state index is -4.50. The largest absolute Gasteiger partial charge is 0.435 e. The van der Waals surface area contributed by atoms with E-state index in [4.69, 9.17) is 0 Å².